The van der Waals surface area contributed by atoms with Crippen LogP contribution in [0.4, 0.5) is 5.69 Å². The minimum atomic E-state index is -1.19. The molecule has 7 heteroatoms. The number of carboxylic acids is 1. The Morgan fingerprint density at radius 1 is 1.50 bits per heavy atom. The summed E-state index contributed by atoms with van der Waals surface area (Å²) in [6.07, 6.45) is 3.82. The van der Waals surface area contributed by atoms with Gasteiger partial charge >= 0.3 is 5.97 Å². The Labute approximate surface area is 123 Å². The number of aromatic nitrogens is 2. The van der Waals surface area contributed by atoms with Gasteiger partial charge in [0.25, 0.3) is 0 Å². The number of pyridine rings is 2. The van der Waals surface area contributed by atoms with Crippen LogP contribution in [0.25, 0.3) is 11.0 Å². The van der Waals surface area contributed by atoms with Crippen molar-refractivity contribution in [2.45, 2.75) is 12.0 Å². The van der Waals surface area contributed by atoms with Gasteiger partial charge in [0.05, 0.1) is 11.2 Å². The minimum absolute atomic E-state index is 0.277. The van der Waals surface area contributed by atoms with Crippen molar-refractivity contribution < 1.29 is 9.90 Å². The highest BCUT2D eigenvalue weighted by molar-refractivity contribution is 9.10. The van der Waals surface area contributed by atoms with Gasteiger partial charge in [0.15, 0.2) is 0 Å². The molecule has 0 aliphatic carbocycles. The highest BCUT2D eigenvalue weighted by atomic mass is 79.9. The van der Waals surface area contributed by atoms with Crippen molar-refractivity contribution in [3.05, 3.63) is 29.0 Å². The van der Waals surface area contributed by atoms with Crippen LogP contribution in [0, 0.1) is 0 Å². The summed E-state index contributed by atoms with van der Waals surface area (Å²) in [5, 5.41) is 9.20. The van der Waals surface area contributed by atoms with Crippen LogP contribution < -0.4 is 10.6 Å². The first-order valence-electron chi connectivity index (χ1n) is 6.17. The monoisotopic (exact) mass is 336 g/mol. The number of carbonyl (C=O) groups is 1. The molecule has 1 aliphatic heterocycles. The van der Waals surface area contributed by atoms with E-state index >= 15 is 0 Å². The number of fused-ring (bicyclic) bond motifs is 1. The quantitative estimate of drug-likeness (QED) is 0.860. The van der Waals surface area contributed by atoms with Crippen molar-refractivity contribution >= 4 is 38.6 Å². The molecule has 1 atom stereocenters. The fourth-order valence-electron chi connectivity index (χ4n) is 2.46. The number of carboxylic acid groups (broad SMARTS) is 1. The predicted octanol–water partition coefficient (Wildman–Crippen LogP) is 1.38. The largest absolute Gasteiger partial charge is 0.480 e. The Bertz CT molecular complexity index is 693. The van der Waals surface area contributed by atoms with Crippen molar-refractivity contribution in [1.82, 2.24) is 9.97 Å². The zero-order valence-corrected chi connectivity index (χ0v) is 12.2. The van der Waals surface area contributed by atoms with E-state index in [1.54, 1.807) is 12.4 Å². The van der Waals surface area contributed by atoms with Gasteiger partial charge in [0.2, 0.25) is 0 Å². The van der Waals surface area contributed by atoms with Crippen molar-refractivity contribution in [2.24, 2.45) is 5.73 Å². The van der Waals surface area contributed by atoms with Crippen LogP contribution in [0.5, 0.6) is 0 Å². The number of anilines is 1. The van der Waals surface area contributed by atoms with E-state index in [1.165, 1.54) is 0 Å². The molecule has 104 valence electrons. The van der Waals surface area contributed by atoms with E-state index in [2.05, 4.69) is 25.9 Å². The SMILES string of the molecule is NC1(C(=O)O)CCN(c2ccnc3cc(Br)cnc23)C1. The van der Waals surface area contributed by atoms with Gasteiger partial charge in [-0.25, -0.2) is 0 Å². The third-order valence-electron chi connectivity index (χ3n) is 3.59. The minimum Gasteiger partial charge on any atom is -0.480 e. The molecule has 6 nitrogen and oxygen atoms in total. The molecule has 2 aromatic heterocycles. The molecule has 0 radical (unpaired) electrons. The molecule has 0 amide bonds. The number of hydrogen-bond donors (Lipinski definition) is 2. The van der Waals surface area contributed by atoms with Crippen molar-refractivity contribution in [2.75, 3.05) is 18.0 Å². The summed E-state index contributed by atoms with van der Waals surface area (Å²) in [5.74, 6) is -0.964. The summed E-state index contributed by atoms with van der Waals surface area (Å²) < 4.78 is 0.856. The van der Waals surface area contributed by atoms with Gasteiger partial charge in [0, 0.05) is 30.0 Å². The van der Waals surface area contributed by atoms with Gasteiger partial charge in [0.1, 0.15) is 11.1 Å². The van der Waals surface area contributed by atoms with Crippen molar-refractivity contribution in [1.29, 1.82) is 0 Å². The summed E-state index contributed by atoms with van der Waals surface area (Å²) in [5.41, 5.74) is 7.12. The van der Waals surface area contributed by atoms with E-state index in [9.17, 15) is 9.90 Å². The van der Waals surface area contributed by atoms with Crippen molar-refractivity contribution in [3.63, 3.8) is 0 Å². The molecule has 1 aliphatic rings. The normalized spacial score (nSPS) is 22.4. The Morgan fingerprint density at radius 3 is 3.00 bits per heavy atom. The summed E-state index contributed by atoms with van der Waals surface area (Å²) in [7, 11) is 0. The molecule has 1 fully saturated rings. The first-order valence-corrected chi connectivity index (χ1v) is 6.96. The van der Waals surface area contributed by atoms with E-state index in [0.717, 1.165) is 21.2 Å². The molecule has 2 aromatic rings. The van der Waals surface area contributed by atoms with Crippen LogP contribution >= 0.6 is 15.9 Å². The Kier molecular flexibility index (Phi) is 3.10. The maximum atomic E-state index is 11.2. The number of halogens is 1. The number of hydrogen-bond acceptors (Lipinski definition) is 5. The number of rotatable bonds is 2. The van der Waals surface area contributed by atoms with Gasteiger partial charge < -0.3 is 15.7 Å². The molecule has 0 spiro atoms. The summed E-state index contributed by atoms with van der Waals surface area (Å²) in [4.78, 5) is 21.8. The summed E-state index contributed by atoms with van der Waals surface area (Å²) in [6, 6.07) is 3.73. The van der Waals surface area contributed by atoms with Gasteiger partial charge in [-0.2, -0.15) is 0 Å². The van der Waals surface area contributed by atoms with Gasteiger partial charge in [-0.05, 0) is 34.5 Å². The second-order valence-electron chi connectivity index (χ2n) is 4.98. The molecule has 0 saturated carbocycles. The zero-order chi connectivity index (χ0) is 14.3. The van der Waals surface area contributed by atoms with Gasteiger partial charge in [-0.1, -0.05) is 0 Å². The van der Waals surface area contributed by atoms with Crippen LogP contribution in [0.15, 0.2) is 29.0 Å². The Morgan fingerprint density at radius 2 is 2.30 bits per heavy atom. The second kappa shape index (κ2) is 4.68. The fraction of sp³-hybridized carbons (Fsp3) is 0.308. The van der Waals surface area contributed by atoms with Crippen LogP contribution in [0.3, 0.4) is 0 Å². The lowest BCUT2D eigenvalue weighted by molar-refractivity contribution is -0.142. The van der Waals surface area contributed by atoms with E-state index in [0.29, 0.717) is 13.0 Å². The number of nitrogens with zero attached hydrogens (tertiary/aromatic N) is 3. The average Bonchev–Trinajstić information content (AvgIpc) is 2.81. The molecule has 3 N–H and O–H groups in total. The Balaban J connectivity index is 2.02. The predicted molar refractivity (Wildman–Crippen MR) is 78.6 cm³/mol. The lowest BCUT2D eigenvalue weighted by Crippen LogP contribution is -2.50. The third-order valence-corrected chi connectivity index (χ3v) is 4.02. The van der Waals surface area contributed by atoms with Crippen LogP contribution in [-0.2, 0) is 4.79 Å². The van der Waals surface area contributed by atoms with Crippen LogP contribution in [-0.4, -0.2) is 39.7 Å². The molecular formula is C13H13BrN4O2. The molecular weight excluding hydrogens is 324 g/mol. The highest BCUT2D eigenvalue weighted by Gasteiger charge is 2.41. The lowest BCUT2D eigenvalue weighted by atomic mass is 10.0. The first-order chi connectivity index (χ1) is 9.49. The van der Waals surface area contributed by atoms with Crippen LogP contribution in [0.2, 0.25) is 0 Å². The molecule has 0 aromatic carbocycles. The van der Waals surface area contributed by atoms with E-state index in [4.69, 9.17) is 5.73 Å². The van der Waals surface area contributed by atoms with Crippen LogP contribution in [0.1, 0.15) is 6.42 Å². The molecule has 3 heterocycles. The first kappa shape index (κ1) is 13.3. The smallest absolute Gasteiger partial charge is 0.325 e. The molecule has 1 unspecified atom stereocenters. The van der Waals surface area contributed by atoms with E-state index in [-0.39, 0.29) is 6.54 Å². The summed E-state index contributed by atoms with van der Waals surface area (Å²) >= 11 is 3.36. The molecule has 0 bridgehead atoms. The number of aliphatic carboxylic acids is 1. The fourth-order valence-corrected chi connectivity index (χ4v) is 2.78. The molecule has 20 heavy (non-hydrogen) atoms. The molecule has 1 saturated heterocycles. The standard InChI is InChI=1S/C13H13BrN4O2/c14-8-5-9-11(17-6-8)10(1-3-16-9)18-4-2-13(15,7-18)12(19)20/h1,3,5-6H,2,4,7,15H2,(H,19,20). The van der Waals surface area contributed by atoms with Gasteiger partial charge in [-0.3, -0.25) is 14.8 Å². The van der Waals surface area contributed by atoms with E-state index in [1.807, 2.05) is 17.0 Å². The average molecular weight is 337 g/mol. The maximum Gasteiger partial charge on any atom is 0.325 e. The highest BCUT2D eigenvalue weighted by Crippen LogP contribution is 2.30. The van der Waals surface area contributed by atoms with Crippen molar-refractivity contribution in [3.8, 4) is 0 Å². The Hall–Kier alpha value is -1.73. The summed E-state index contributed by atoms with van der Waals surface area (Å²) in [6.45, 7) is 0.874. The maximum absolute atomic E-state index is 11.2. The third kappa shape index (κ3) is 2.12. The van der Waals surface area contributed by atoms with E-state index < -0.39 is 11.5 Å². The second-order valence-corrected chi connectivity index (χ2v) is 5.90. The lowest BCUT2D eigenvalue weighted by Gasteiger charge is -2.22. The zero-order valence-electron chi connectivity index (χ0n) is 10.6. The molecule has 3 rings (SSSR count). The number of nitrogens with two attached hydrogens (primary N) is 1. The topological polar surface area (TPSA) is 92.3 Å². The van der Waals surface area contributed by atoms with Gasteiger partial charge in [-0.15, -0.1) is 0 Å².